The van der Waals surface area contributed by atoms with E-state index in [4.69, 9.17) is 0 Å². The van der Waals surface area contributed by atoms with Gasteiger partial charge in [-0.25, -0.2) is 0 Å². The van der Waals surface area contributed by atoms with Crippen molar-refractivity contribution in [2.24, 2.45) is 5.92 Å². The molecule has 1 fully saturated rings. The number of nitrogens with zero attached hydrogens (tertiary/aromatic N) is 2. The Morgan fingerprint density at radius 2 is 1.79 bits per heavy atom. The number of carbonyl (C=O) groups excluding carboxylic acids is 3. The first kappa shape index (κ1) is 19.0. The highest BCUT2D eigenvalue weighted by atomic mass is 16.6. The largest absolute Gasteiger partial charge is 0.350 e. The van der Waals surface area contributed by atoms with Crippen LogP contribution in [0.4, 0.5) is 28.4 Å². The summed E-state index contributed by atoms with van der Waals surface area (Å²) in [5.74, 6) is -1.38. The van der Waals surface area contributed by atoms with Crippen LogP contribution in [0.15, 0.2) is 42.5 Å². The molecule has 0 aromatic heterocycles. The van der Waals surface area contributed by atoms with Gasteiger partial charge in [0, 0.05) is 36.7 Å². The fraction of sp³-hybridized carbons (Fsp3) is 0.211. The number of hydrogen-bond acceptors (Lipinski definition) is 6. The molecule has 1 saturated heterocycles. The molecule has 28 heavy (non-hydrogen) atoms. The summed E-state index contributed by atoms with van der Waals surface area (Å²) >= 11 is 0. The standard InChI is InChI=1S/C19H18N4O5/c1-11-9-18(25)22(19(11)26)15-7-8-16(17(10-15)23(27)28)21-14-5-3-13(4-6-14)20-12(2)24/h3-8,10-11,21H,9H2,1-2H3,(H,20,24)/t11-/m1/s1. The van der Waals surface area contributed by atoms with Crippen molar-refractivity contribution in [1.29, 1.82) is 0 Å². The Labute approximate surface area is 160 Å². The lowest BCUT2D eigenvalue weighted by atomic mass is 10.1. The van der Waals surface area contributed by atoms with E-state index in [1.54, 1.807) is 31.2 Å². The molecule has 0 aliphatic carbocycles. The van der Waals surface area contributed by atoms with E-state index < -0.39 is 10.8 Å². The van der Waals surface area contributed by atoms with E-state index in [1.807, 2.05) is 0 Å². The minimum atomic E-state index is -0.577. The summed E-state index contributed by atoms with van der Waals surface area (Å²) in [7, 11) is 0. The smallest absolute Gasteiger partial charge is 0.294 e. The Morgan fingerprint density at radius 3 is 2.32 bits per heavy atom. The van der Waals surface area contributed by atoms with Gasteiger partial charge in [-0.05, 0) is 36.4 Å². The molecule has 2 aromatic rings. The lowest BCUT2D eigenvalue weighted by molar-refractivity contribution is -0.383. The zero-order chi connectivity index (χ0) is 20.4. The second kappa shape index (κ2) is 7.47. The van der Waals surface area contributed by atoms with Crippen molar-refractivity contribution in [3.63, 3.8) is 0 Å². The van der Waals surface area contributed by atoms with Crippen LogP contribution in [0.1, 0.15) is 20.3 Å². The lowest BCUT2D eigenvalue weighted by Crippen LogP contribution is -2.30. The third-order valence-corrected chi connectivity index (χ3v) is 4.29. The van der Waals surface area contributed by atoms with Crippen LogP contribution < -0.4 is 15.5 Å². The Hall–Kier alpha value is -3.75. The number of hydrogen-bond donors (Lipinski definition) is 2. The molecule has 0 bridgehead atoms. The summed E-state index contributed by atoms with van der Waals surface area (Å²) in [6.07, 6.45) is 0.0906. The SMILES string of the molecule is CC(=O)Nc1ccc(Nc2ccc(N3C(=O)C[C@@H](C)C3=O)cc2[N+](=O)[O-])cc1. The van der Waals surface area contributed by atoms with Gasteiger partial charge >= 0.3 is 0 Å². The Morgan fingerprint density at radius 1 is 1.14 bits per heavy atom. The van der Waals surface area contributed by atoms with E-state index in [1.165, 1.54) is 25.1 Å². The molecule has 0 radical (unpaired) electrons. The third-order valence-electron chi connectivity index (χ3n) is 4.29. The molecule has 1 aliphatic rings. The highest BCUT2D eigenvalue weighted by molar-refractivity contribution is 6.21. The number of benzene rings is 2. The van der Waals surface area contributed by atoms with E-state index in [0.29, 0.717) is 11.4 Å². The Kier molecular flexibility index (Phi) is 5.08. The molecule has 1 atom stereocenters. The second-order valence-electron chi connectivity index (χ2n) is 6.51. The molecule has 3 amide bonds. The summed E-state index contributed by atoms with van der Waals surface area (Å²) < 4.78 is 0. The first-order chi connectivity index (χ1) is 13.3. The highest BCUT2D eigenvalue weighted by Crippen LogP contribution is 2.34. The Balaban J connectivity index is 1.88. The summed E-state index contributed by atoms with van der Waals surface area (Å²) in [5.41, 5.74) is 1.31. The predicted molar refractivity (Wildman–Crippen MR) is 103 cm³/mol. The van der Waals surface area contributed by atoms with Gasteiger partial charge in [-0.2, -0.15) is 0 Å². The zero-order valence-corrected chi connectivity index (χ0v) is 15.3. The van der Waals surface area contributed by atoms with Crippen molar-refractivity contribution < 1.29 is 19.3 Å². The fourth-order valence-electron chi connectivity index (χ4n) is 2.97. The number of amides is 3. The summed E-state index contributed by atoms with van der Waals surface area (Å²) in [4.78, 5) is 47.2. The number of carbonyl (C=O) groups is 3. The lowest BCUT2D eigenvalue weighted by Gasteiger charge is -2.15. The van der Waals surface area contributed by atoms with Gasteiger partial charge in [-0.3, -0.25) is 29.4 Å². The van der Waals surface area contributed by atoms with E-state index in [-0.39, 0.29) is 41.2 Å². The number of nitro benzene ring substituents is 1. The summed E-state index contributed by atoms with van der Waals surface area (Å²) in [6.45, 7) is 3.04. The molecule has 0 spiro atoms. The molecule has 144 valence electrons. The monoisotopic (exact) mass is 382 g/mol. The molecule has 1 heterocycles. The molecule has 3 rings (SSSR count). The van der Waals surface area contributed by atoms with Crippen molar-refractivity contribution >= 4 is 46.2 Å². The second-order valence-corrected chi connectivity index (χ2v) is 6.51. The van der Waals surface area contributed by atoms with Gasteiger partial charge < -0.3 is 10.6 Å². The number of rotatable bonds is 5. The molecule has 0 unspecified atom stereocenters. The maximum atomic E-state index is 12.2. The van der Waals surface area contributed by atoms with Gasteiger partial charge in [-0.1, -0.05) is 6.92 Å². The fourth-order valence-corrected chi connectivity index (χ4v) is 2.97. The van der Waals surface area contributed by atoms with Crippen LogP contribution in [0.5, 0.6) is 0 Å². The molecule has 2 aromatic carbocycles. The maximum absolute atomic E-state index is 12.2. The maximum Gasteiger partial charge on any atom is 0.294 e. The van der Waals surface area contributed by atoms with E-state index >= 15 is 0 Å². The van der Waals surface area contributed by atoms with E-state index in [9.17, 15) is 24.5 Å². The van der Waals surface area contributed by atoms with E-state index in [2.05, 4.69) is 10.6 Å². The van der Waals surface area contributed by atoms with Crippen LogP contribution in [0.2, 0.25) is 0 Å². The van der Waals surface area contributed by atoms with Crippen LogP contribution in [0.3, 0.4) is 0 Å². The number of nitrogens with one attached hydrogen (secondary N) is 2. The minimum Gasteiger partial charge on any atom is -0.350 e. The average Bonchev–Trinajstić information content (AvgIpc) is 2.88. The minimum absolute atomic E-state index is 0.0906. The Bertz CT molecular complexity index is 971. The first-order valence-electron chi connectivity index (χ1n) is 8.56. The predicted octanol–water partition coefficient (Wildman–Crippen LogP) is 3.20. The molecular formula is C19H18N4O5. The normalized spacial score (nSPS) is 16.2. The van der Waals surface area contributed by atoms with Crippen molar-refractivity contribution in [1.82, 2.24) is 0 Å². The first-order valence-corrected chi connectivity index (χ1v) is 8.56. The van der Waals surface area contributed by atoms with Crippen molar-refractivity contribution in [2.45, 2.75) is 20.3 Å². The van der Waals surface area contributed by atoms with Gasteiger partial charge in [0.05, 0.1) is 10.6 Å². The van der Waals surface area contributed by atoms with Crippen molar-refractivity contribution in [2.75, 3.05) is 15.5 Å². The zero-order valence-electron chi connectivity index (χ0n) is 15.3. The molecular weight excluding hydrogens is 364 g/mol. The van der Waals surface area contributed by atoms with Gasteiger partial charge in [0.25, 0.3) is 5.69 Å². The number of nitro groups is 1. The molecule has 2 N–H and O–H groups in total. The number of anilines is 4. The van der Waals surface area contributed by atoms with Crippen molar-refractivity contribution in [3.8, 4) is 0 Å². The van der Waals surface area contributed by atoms with E-state index in [0.717, 1.165) is 4.90 Å². The summed E-state index contributed by atoms with van der Waals surface area (Å²) in [5, 5.41) is 17.1. The molecule has 9 heteroatoms. The van der Waals surface area contributed by atoms with Crippen LogP contribution in [-0.4, -0.2) is 22.6 Å². The van der Waals surface area contributed by atoms with Gasteiger partial charge in [0.1, 0.15) is 5.69 Å². The van der Waals surface area contributed by atoms with Gasteiger partial charge in [-0.15, -0.1) is 0 Å². The topological polar surface area (TPSA) is 122 Å². The van der Waals surface area contributed by atoms with Crippen LogP contribution in [0, 0.1) is 16.0 Å². The van der Waals surface area contributed by atoms with Crippen LogP contribution in [-0.2, 0) is 14.4 Å². The average molecular weight is 382 g/mol. The molecule has 0 saturated carbocycles. The summed E-state index contributed by atoms with van der Waals surface area (Å²) in [6, 6.07) is 10.8. The molecule has 9 nitrogen and oxygen atoms in total. The van der Waals surface area contributed by atoms with Crippen molar-refractivity contribution in [3.05, 3.63) is 52.6 Å². The highest BCUT2D eigenvalue weighted by Gasteiger charge is 2.37. The quantitative estimate of drug-likeness (QED) is 0.465. The van der Waals surface area contributed by atoms with Gasteiger partial charge in [0.2, 0.25) is 17.7 Å². The molecule has 1 aliphatic heterocycles. The van der Waals surface area contributed by atoms with Crippen LogP contribution >= 0.6 is 0 Å². The third kappa shape index (κ3) is 3.83. The van der Waals surface area contributed by atoms with Gasteiger partial charge in [0.15, 0.2) is 0 Å². The van der Waals surface area contributed by atoms with Crippen LogP contribution in [0.25, 0.3) is 0 Å². The number of imide groups is 1.